The summed E-state index contributed by atoms with van der Waals surface area (Å²) in [5, 5.41) is 14.0. The molecule has 0 aliphatic rings. The molecule has 0 fully saturated rings. The van der Waals surface area contributed by atoms with Crippen molar-refractivity contribution < 1.29 is 14.3 Å². The molecule has 4 aromatic rings. The van der Waals surface area contributed by atoms with E-state index in [0.717, 1.165) is 16.6 Å². The second-order valence-electron chi connectivity index (χ2n) is 7.72. The zero-order valence-electron chi connectivity index (χ0n) is 18.6. The van der Waals surface area contributed by atoms with Gasteiger partial charge in [0.15, 0.2) is 0 Å². The number of aromatic carboxylic acids is 1. The molecule has 0 aliphatic heterocycles. The van der Waals surface area contributed by atoms with Crippen molar-refractivity contribution in [3.63, 3.8) is 0 Å². The van der Waals surface area contributed by atoms with E-state index in [0.29, 0.717) is 45.6 Å². The fourth-order valence-corrected chi connectivity index (χ4v) is 5.23. The third-order valence-corrected chi connectivity index (χ3v) is 6.99. The number of anilines is 1. The molecular weight excluding hydrogens is 498 g/mol. The maximum absolute atomic E-state index is 14.1. The first-order valence-corrected chi connectivity index (χ1v) is 12.3. The summed E-state index contributed by atoms with van der Waals surface area (Å²) in [5.74, 6) is -0.782. The summed E-state index contributed by atoms with van der Waals surface area (Å²) in [6.07, 6.45) is 3.23. The van der Waals surface area contributed by atoms with Crippen LogP contribution in [0.5, 0.6) is 0 Å². The maximum Gasteiger partial charge on any atom is 0.338 e. The lowest BCUT2D eigenvalue weighted by atomic mass is 10.1. The summed E-state index contributed by atoms with van der Waals surface area (Å²) < 4.78 is 16.1. The lowest BCUT2D eigenvalue weighted by Crippen LogP contribution is -2.12. The highest BCUT2D eigenvalue weighted by Crippen LogP contribution is 2.34. The predicted octanol–water partition coefficient (Wildman–Crippen LogP) is 6.69. The van der Waals surface area contributed by atoms with Gasteiger partial charge in [0.2, 0.25) is 0 Å². The lowest BCUT2D eigenvalue weighted by molar-refractivity contribution is 0.0693. The summed E-state index contributed by atoms with van der Waals surface area (Å²) in [6.45, 7) is 4.85. The number of hydrogen-bond donors (Lipinski definition) is 2. The maximum atomic E-state index is 14.1. The highest BCUT2D eigenvalue weighted by molar-refractivity contribution is 7.98. The number of benzene rings is 2. The molecule has 0 atom stereocenters. The Hall–Kier alpha value is -2.81. The molecule has 0 radical (unpaired) electrons. The van der Waals surface area contributed by atoms with E-state index in [1.165, 1.54) is 24.2 Å². The molecule has 2 aromatic carbocycles. The molecule has 4 rings (SSSR count). The number of thioether (sulfide) groups is 1. The third-order valence-electron chi connectivity index (χ3n) is 5.64. The van der Waals surface area contributed by atoms with Crippen LogP contribution in [0.2, 0.25) is 10.0 Å². The van der Waals surface area contributed by atoms with E-state index in [2.05, 4.69) is 15.3 Å². The number of halogens is 3. The van der Waals surface area contributed by atoms with E-state index < -0.39 is 5.97 Å². The van der Waals surface area contributed by atoms with Gasteiger partial charge >= 0.3 is 5.97 Å². The first-order valence-electron chi connectivity index (χ1n) is 10.3. The fourth-order valence-electron chi connectivity index (χ4n) is 3.93. The van der Waals surface area contributed by atoms with Crippen molar-refractivity contribution in [3.8, 4) is 11.3 Å². The Labute approximate surface area is 210 Å². The molecule has 0 saturated heterocycles. The number of aromatic nitrogens is 3. The Balaban J connectivity index is 1.56. The van der Waals surface area contributed by atoms with Gasteiger partial charge in [0, 0.05) is 40.7 Å². The Bertz CT molecular complexity index is 1420. The van der Waals surface area contributed by atoms with Crippen LogP contribution in [-0.2, 0) is 6.54 Å². The minimum absolute atomic E-state index is 0.0772. The average molecular weight is 519 g/mol. The zero-order valence-corrected chi connectivity index (χ0v) is 20.9. The van der Waals surface area contributed by atoms with Gasteiger partial charge in [0.25, 0.3) is 0 Å². The number of carbonyl (C=O) groups is 1. The number of carboxylic acids is 1. The number of hydrogen-bond acceptors (Lipinski definition) is 5. The number of aryl methyl sites for hydroxylation is 2. The molecule has 2 N–H and O–H groups in total. The summed E-state index contributed by atoms with van der Waals surface area (Å²) in [4.78, 5) is 20.7. The minimum atomic E-state index is -1.07. The van der Waals surface area contributed by atoms with Gasteiger partial charge in [-0.2, -0.15) is 0 Å². The second kappa shape index (κ2) is 9.82. The molecule has 34 heavy (non-hydrogen) atoms. The zero-order chi connectivity index (χ0) is 24.6. The van der Waals surface area contributed by atoms with E-state index in [1.54, 1.807) is 31.4 Å². The molecule has 10 heteroatoms. The monoisotopic (exact) mass is 518 g/mol. The van der Waals surface area contributed by atoms with Gasteiger partial charge in [-0.05, 0) is 49.9 Å². The average Bonchev–Trinajstić information content (AvgIpc) is 3.13. The Kier molecular flexibility index (Phi) is 7.02. The molecule has 0 unspecified atom stereocenters. The molecule has 2 heterocycles. The molecule has 0 amide bonds. The van der Waals surface area contributed by atoms with E-state index >= 15 is 0 Å². The van der Waals surface area contributed by atoms with Crippen LogP contribution >= 0.6 is 35.0 Å². The fraction of sp³-hybridized carbons (Fsp3) is 0.208. The number of nitrogens with one attached hydrogen (secondary N) is 1. The quantitative estimate of drug-likeness (QED) is 0.265. The van der Waals surface area contributed by atoms with Gasteiger partial charge in [-0.3, -0.25) is 0 Å². The van der Waals surface area contributed by atoms with Gasteiger partial charge in [0.05, 0.1) is 26.8 Å². The number of fused-ring (bicyclic) bond motifs is 1. The first-order chi connectivity index (χ1) is 16.2. The van der Waals surface area contributed by atoms with Crippen molar-refractivity contribution in [1.29, 1.82) is 0 Å². The van der Waals surface area contributed by atoms with Crippen LogP contribution in [0, 0.1) is 19.7 Å². The van der Waals surface area contributed by atoms with Crippen LogP contribution in [0.4, 0.5) is 10.2 Å². The topological polar surface area (TPSA) is 80.0 Å². The van der Waals surface area contributed by atoms with Crippen molar-refractivity contribution in [2.45, 2.75) is 25.3 Å². The second-order valence-corrected chi connectivity index (χ2v) is 9.38. The summed E-state index contributed by atoms with van der Waals surface area (Å²) in [5.41, 5.74) is 3.75. The van der Waals surface area contributed by atoms with E-state index in [-0.39, 0.29) is 16.4 Å². The SMILES string of the molecule is CSc1cc(-c2cc(NCCn3c(C)cc4c(C)c(F)cc(Cl)c43)ncn2)cc(Cl)c1C(=O)O. The summed E-state index contributed by atoms with van der Waals surface area (Å²) in [7, 11) is 0. The van der Waals surface area contributed by atoms with Crippen molar-refractivity contribution in [1.82, 2.24) is 14.5 Å². The molecule has 2 aromatic heterocycles. The molecular formula is C24H21Cl2FN4O2S. The summed E-state index contributed by atoms with van der Waals surface area (Å²) in [6, 6.07) is 8.42. The van der Waals surface area contributed by atoms with Crippen LogP contribution in [-0.4, -0.2) is 38.4 Å². The normalized spacial score (nSPS) is 11.2. The Morgan fingerprint density at radius 3 is 2.62 bits per heavy atom. The standard InChI is InChI=1S/C24H21Cl2FN4O2S/c1-12-6-15-13(2)18(27)9-17(26)23(15)31(12)5-4-28-21-10-19(29-11-30-21)14-7-16(25)22(24(32)33)20(8-14)34-3/h6-11H,4-5H2,1-3H3,(H,32,33)(H,28,29,30). The van der Waals surface area contributed by atoms with Crippen LogP contribution in [0.25, 0.3) is 22.2 Å². The third kappa shape index (κ3) is 4.58. The van der Waals surface area contributed by atoms with Crippen LogP contribution in [0.15, 0.2) is 41.6 Å². The van der Waals surface area contributed by atoms with Crippen LogP contribution < -0.4 is 5.32 Å². The first kappa shape index (κ1) is 24.3. The number of nitrogens with zero attached hydrogens (tertiary/aromatic N) is 3. The van der Waals surface area contributed by atoms with Crippen molar-refractivity contribution >= 4 is 57.7 Å². The molecule has 176 valence electrons. The van der Waals surface area contributed by atoms with Crippen LogP contribution in [0.1, 0.15) is 21.6 Å². The van der Waals surface area contributed by atoms with E-state index in [9.17, 15) is 14.3 Å². The molecule has 0 aliphatic carbocycles. The predicted molar refractivity (Wildman–Crippen MR) is 136 cm³/mol. The van der Waals surface area contributed by atoms with Crippen molar-refractivity contribution in [2.75, 3.05) is 18.1 Å². The molecule has 0 spiro atoms. The highest BCUT2D eigenvalue weighted by Gasteiger charge is 2.17. The van der Waals surface area contributed by atoms with Gasteiger partial charge in [-0.1, -0.05) is 23.2 Å². The number of carboxylic acid groups (broad SMARTS) is 1. The largest absolute Gasteiger partial charge is 0.478 e. The van der Waals surface area contributed by atoms with Crippen LogP contribution in [0.3, 0.4) is 0 Å². The molecule has 6 nitrogen and oxygen atoms in total. The van der Waals surface area contributed by atoms with Crippen molar-refractivity contribution in [2.24, 2.45) is 0 Å². The number of rotatable bonds is 7. The lowest BCUT2D eigenvalue weighted by Gasteiger charge is -2.13. The van der Waals surface area contributed by atoms with E-state index in [4.69, 9.17) is 23.2 Å². The van der Waals surface area contributed by atoms with Gasteiger partial charge in [-0.15, -0.1) is 11.8 Å². The Morgan fingerprint density at radius 2 is 1.91 bits per heavy atom. The van der Waals surface area contributed by atoms with Gasteiger partial charge in [0.1, 0.15) is 18.0 Å². The smallest absolute Gasteiger partial charge is 0.338 e. The molecule has 0 saturated carbocycles. The van der Waals surface area contributed by atoms with Crippen molar-refractivity contribution in [3.05, 3.63) is 69.3 Å². The highest BCUT2D eigenvalue weighted by atomic mass is 35.5. The van der Waals surface area contributed by atoms with E-state index in [1.807, 2.05) is 17.6 Å². The molecule has 0 bridgehead atoms. The van der Waals surface area contributed by atoms with Gasteiger partial charge < -0.3 is 15.0 Å². The minimum Gasteiger partial charge on any atom is -0.478 e. The van der Waals surface area contributed by atoms with Gasteiger partial charge in [-0.25, -0.2) is 19.2 Å². The summed E-state index contributed by atoms with van der Waals surface area (Å²) >= 11 is 13.9. The Morgan fingerprint density at radius 1 is 1.15 bits per heavy atom.